The smallest absolute Gasteiger partial charge is 0.332 e. The van der Waals surface area contributed by atoms with Gasteiger partial charge in [-0.2, -0.15) is 0 Å². The predicted molar refractivity (Wildman–Crippen MR) is 77.1 cm³/mol. The van der Waals surface area contributed by atoms with E-state index in [-0.39, 0.29) is 0 Å². The molecule has 2 aromatic rings. The summed E-state index contributed by atoms with van der Waals surface area (Å²) in [6.45, 7) is 1.98. The zero-order valence-corrected chi connectivity index (χ0v) is 11.9. The second-order valence-electron chi connectivity index (χ2n) is 4.18. The van der Waals surface area contributed by atoms with Crippen molar-refractivity contribution in [1.82, 2.24) is 4.98 Å². The van der Waals surface area contributed by atoms with Crippen LogP contribution in [0.2, 0.25) is 0 Å². The minimum atomic E-state index is -0.963. The van der Waals surface area contributed by atoms with Crippen molar-refractivity contribution in [3.05, 3.63) is 58.3 Å². The number of aryl methyl sites for hydroxylation is 1. The Kier molecular flexibility index (Phi) is 4.16. The Bertz CT molecular complexity index is 567. The lowest BCUT2D eigenvalue weighted by Crippen LogP contribution is -2.21. The van der Waals surface area contributed by atoms with Crippen LogP contribution in [0, 0.1) is 6.92 Å². The molecule has 0 spiro atoms. The van der Waals surface area contributed by atoms with Crippen LogP contribution < -0.4 is 5.32 Å². The molecule has 2 N–H and O–H groups in total. The number of nitrogens with one attached hydrogen (secondary N) is 1. The number of carboxylic acid groups (broad SMARTS) is 1. The molecule has 0 saturated heterocycles. The fourth-order valence-electron chi connectivity index (χ4n) is 1.64. The van der Waals surface area contributed by atoms with Crippen molar-refractivity contribution >= 4 is 27.6 Å². The van der Waals surface area contributed by atoms with E-state index in [4.69, 9.17) is 0 Å². The molecule has 0 saturated carbocycles. The first kappa shape index (κ1) is 13.5. The molecular formula is C14H13BrN2O2. The average molecular weight is 321 g/mol. The standard InChI is InChI=1S/C14H13BrN2O2/c1-9-2-5-11(6-3-9)17-13(14(18)19)12-7-4-10(15)8-16-12/h2-8,13,17H,1H3,(H,18,19). The zero-order chi connectivity index (χ0) is 13.8. The first-order valence-corrected chi connectivity index (χ1v) is 6.53. The van der Waals surface area contributed by atoms with Crippen molar-refractivity contribution in [2.24, 2.45) is 0 Å². The van der Waals surface area contributed by atoms with Gasteiger partial charge < -0.3 is 10.4 Å². The number of aliphatic carboxylic acids is 1. The van der Waals surface area contributed by atoms with Gasteiger partial charge in [-0.25, -0.2) is 4.79 Å². The van der Waals surface area contributed by atoms with Crippen LogP contribution in [0.25, 0.3) is 0 Å². The summed E-state index contributed by atoms with van der Waals surface area (Å²) in [6, 6.07) is 10.1. The number of aromatic nitrogens is 1. The first-order chi connectivity index (χ1) is 9.06. The highest BCUT2D eigenvalue weighted by Crippen LogP contribution is 2.20. The molecule has 1 heterocycles. The number of hydrogen-bond donors (Lipinski definition) is 2. The SMILES string of the molecule is Cc1ccc(NC(C(=O)O)c2ccc(Br)cn2)cc1. The van der Waals surface area contributed by atoms with Crippen LogP contribution in [0.3, 0.4) is 0 Å². The maximum atomic E-state index is 11.3. The van der Waals surface area contributed by atoms with Crippen LogP contribution in [0.4, 0.5) is 5.69 Å². The molecule has 2 rings (SSSR count). The van der Waals surface area contributed by atoms with Gasteiger partial charge in [0.2, 0.25) is 0 Å². The summed E-state index contributed by atoms with van der Waals surface area (Å²) < 4.78 is 0.815. The molecule has 1 unspecified atom stereocenters. The van der Waals surface area contributed by atoms with Gasteiger partial charge in [-0.1, -0.05) is 17.7 Å². The summed E-state index contributed by atoms with van der Waals surface area (Å²) in [5.41, 5.74) is 2.35. The second-order valence-corrected chi connectivity index (χ2v) is 5.10. The molecule has 0 fully saturated rings. The van der Waals surface area contributed by atoms with Crippen LogP contribution in [-0.2, 0) is 4.79 Å². The fourth-order valence-corrected chi connectivity index (χ4v) is 1.87. The highest BCUT2D eigenvalue weighted by molar-refractivity contribution is 9.10. The summed E-state index contributed by atoms with van der Waals surface area (Å²) >= 11 is 3.28. The molecular weight excluding hydrogens is 308 g/mol. The molecule has 1 aromatic carbocycles. The van der Waals surface area contributed by atoms with E-state index in [0.717, 1.165) is 15.7 Å². The summed E-state index contributed by atoms with van der Waals surface area (Å²) in [7, 11) is 0. The number of pyridine rings is 1. The third-order valence-electron chi connectivity index (χ3n) is 2.66. The Balaban J connectivity index is 2.23. The number of carboxylic acids is 1. The van der Waals surface area contributed by atoms with Crippen molar-refractivity contribution < 1.29 is 9.90 Å². The van der Waals surface area contributed by atoms with Crippen molar-refractivity contribution in [3.63, 3.8) is 0 Å². The van der Waals surface area contributed by atoms with Gasteiger partial charge in [0.05, 0.1) is 5.69 Å². The third kappa shape index (κ3) is 3.54. The lowest BCUT2D eigenvalue weighted by Gasteiger charge is -2.15. The molecule has 1 atom stereocenters. The quantitative estimate of drug-likeness (QED) is 0.906. The second kappa shape index (κ2) is 5.84. The highest BCUT2D eigenvalue weighted by atomic mass is 79.9. The van der Waals surface area contributed by atoms with Crippen LogP contribution >= 0.6 is 15.9 Å². The van der Waals surface area contributed by atoms with Gasteiger partial charge in [0.15, 0.2) is 6.04 Å². The van der Waals surface area contributed by atoms with E-state index in [2.05, 4.69) is 26.2 Å². The summed E-state index contributed by atoms with van der Waals surface area (Å²) in [5, 5.41) is 12.3. The molecule has 0 aliphatic carbocycles. The maximum Gasteiger partial charge on any atom is 0.332 e. The van der Waals surface area contributed by atoms with Crippen LogP contribution in [0.1, 0.15) is 17.3 Å². The van der Waals surface area contributed by atoms with E-state index >= 15 is 0 Å². The topological polar surface area (TPSA) is 62.2 Å². The summed E-state index contributed by atoms with van der Waals surface area (Å²) in [6.07, 6.45) is 1.59. The Morgan fingerprint density at radius 3 is 2.47 bits per heavy atom. The predicted octanol–water partition coefficient (Wildman–Crippen LogP) is 3.39. The highest BCUT2D eigenvalue weighted by Gasteiger charge is 2.20. The summed E-state index contributed by atoms with van der Waals surface area (Å²) in [5.74, 6) is -0.963. The van der Waals surface area contributed by atoms with Crippen molar-refractivity contribution in [2.45, 2.75) is 13.0 Å². The van der Waals surface area contributed by atoms with Gasteiger partial charge in [0.25, 0.3) is 0 Å². The molecule has 0 amide bonds. The minimum Gasteiger partial charge on any atom is -0.479 e. The Labute approximate surface area is 119 Å². The monoisotopic (exact) mass is 320 g/mol. The number of nitrogens with zero attached hydrogens (tertiary/aromatic N) is 1. The lowest BCUT2D eigenvalue weighted by molar-refractivity contribution is -0.138. The largest absolute Gasteiger partial charge is 0.479 e. The van der Waals surface area contributed by atoms with E-state index < -0.39 is 12.0 Å². The lowest BCUT2D eigenvalue weighted by atomic mass is 10.1. The fraction of sp³-hybridized carbons (Fsp3) is 0.143. The van der Waals surface area contributed by atoms with E-state index in [1.54, 1.807) is 18.3 Å². The van der Waals surface area contributed by atoms with Crippen molar-refractivity contribution in [2.75, 3.05) is 5.32 Å². The van der Waals surface area contributed by atoms with Crippen molar-refractivity contribution in [3.8, 4) is 0 Å². The van der Waals surface area contributed by atoms with E-state index in [9.17, 15) is 9.90 Å². The van der Waals surface area contributed by atoms with Gasteiger partial charge in [-0.3, -0.25) is 4.98 Å². The number of carbonyl (C=O) groups is 1. The Hall–Kier alpha value is -1.88. The molecule has 0 aliphatic rings. The van der Waals surface area contributed by atoms with Gasteiger partial charge in [-0.15, -0.1) is 0 Å². The molecule has 1 aromatic heterocycles. The van der Waals surface area contributed by atoms with Gasteiger partial charge >= 0.3 is 5.97 Å². The van der Waals surface area contributed by atoms with Gasteiger partial charge in [0, 0.05) is 16.4 Å². The Morgan fingerprint density at radius 1 is 1.26 bits per heavy atom. The van der Waals surface area contributed by atoms with Crippen LogP contribution in [0.5, 0.6) is 0 Å². The number of benzene rings is 1. The van der Waals surface area contributed by atoms with Gasteiger partial charge in [-0.05, 0) is 47.1 Å². The molecule has 5 heteroatoms. The summed E-state index contributed by atoms with van der Waals surface area (Å²) in [4.78, 5) is 15.5. The molecule has 19 heavy (non-hydrogen) atoms. The normalized spacial score (nSPS) is 11.9. The number of halogens is 1. The van der Waals surface area contributed by atoms with E-state index in [1.165, 1.54) is 0 Å². The molecule has 0 radical (unpaired) electrons. The third-order valence-corrected chi connectivity index (χ3v) is 3.12. The number of anilines is 1. The Morgan fingerprint density at radius 2 is 1.95 bits per heavy atom. The van der Waals surface area contributed by atoms with E-state index in [0.29, 0.717) is 5.69 Å². The maximum absolute atomic E-state index is 11.3. The average Bonchev–Trinajstić information content (AvgIpc) is 2.39. The van der Waals surface area contributed by atoms with Crippen LogP contribution in [0.15, 0.2) is 47.1 Å². The number of rotatable bonds is 4. The molecule has 0 bridgehead atoms. The van der Waals surface area contributed by atoms with Gasteiger partial charge in [0.1, 0.15) is 0 Å². The molecule has 4 nitrogen and oxygen atoms in total. The minimum absolute atomic E-state index is 0.469. The zero-order valence-electron chi connectivity index (χ0n) is 10.3. The molecule has 98 valence electrons. The van der Waals surface area contributed by atoms with E-state index in [1.807, 2.05) is 31.2 Å². The van der Waals surface area contributed by atoms with Crippen molar-refractivity contribution in [1.29, 1.82) is 0 Å². The first-order valence-electron chi connectivity index (χ1n) is 5.74. The molecule has 0 aliphatic heterocycles. The van der Waals surface area contributed by atoms with Crippen LogP contribution in [-0.4, -0.2) is 16.1 Å². The number of hydrogen-bond acceptors (Lipinski definition) is 3.